The molecule has 0 fully saturated rings. The van der Waals surface area contributed by atoms with Crippen LogP contribution in [0, 0.1) is 6.92 Å². The monoisotopic (exact) mass is 321 g/mol. The Bertz CT molecular complexity index is 682. The topological polar surface area (TPSA) is 76.3 Å². The van der Waals surface area contributed by atoms with Gasteiger partial charge in [-0.25, -0.2) is 0 Å². The van der Waals surface area contributed by atoms with Gasteiger partial charge in [-0.3, -0.25) is 14.5 Å². The molecule has 0 N–H and O–H groups in total. The molecule has 1 amide bonds. The van der Waals surface area contributed by atoms with Crippen LogP contribution in [0.15, 0.2) is 27.5 Å². The number of fused-ring (bicyclic) bond motifs is 1. The molecule has 0 atom stereocenters. The van der Waals surface area contributed by atoms with E-state index in [4.69, 9.17) is 0 Å². The first kappa shape index (κ1) is 12.0. The second-order valence-corrected chi connectivity index (χ2v) is 5.10. The maximum Gasteiger partial charge on any atom is 0.299 e. The van der Waals surface area contributed by atoms with Crippen molar-refractivity contribution in [1.82, 2.24) is 10.1 Å². The molecule has 7 heteroatoms. The van der Waals surface area contributed by atoms with Crippen LogP contribution in [0.5, 0.6) is 0 Å². The van der Waals surface area contributed by atoms with Crippen LogP contribution in [0.3, 0.4) is 0 Å². The summed E-state index contributed by atoms with van der Waals surface area (Å²) in [5.41, 5.74) is 1.86. The van der Waals surface area contributed by atoms with E-state index in [1.54, 1.807) is 6.07 Å². The van der Waals surface area contributed by atoms with E-state index in [1.807, 2.05) is 13.0 Å². The summed E-state index contributed by atoms with van der Waals surface area (Å²) in [5.74, 6) is -0.722. The van der Waals surface area contributed by atoms with Gasteiger partial charge in [-0.2, -0.15) is 4.98 Å². The molecule has 0 aliphatic carbocycles. The lowest BCUT2D eigenvalue weighted by molar-refractivity contribution is -0.114. The van der Waals surface area contributed by atoms with E-state index in [0.29, 0.717) is 17.1 Å². The standard InChI is InChI=1S/C12H8BrN3O3/c1-6-2-7(13)3-8-10(6)16(12(18)11(8)17)4-9-14-5-19-15-9/h2-3,5H,4H2,1H3. The Morgan fingerprint density at radius 2 is 2.16 bits per heavy atom. The third-order valence-electron chi connectivity index (χ3n) is 2.93. The van der Waals surface area contributed by atoms with Crippen molar-refractivity contribution in [2.45, 2.75) is 13.5 Å². The molecule has 0 saturated carbocycles. The first-order valence-corrected chi connectivity index (χ1v) is 6.29. The normalized spacial score (nSPS) is 14.1. The van der Waals surface area contributed by atoms with Crippen LogP contribution in [0.1, 0.15) is 21.7 Å². The lowest BCUT2D eigenvalue weighted by Crippen LogP contribution is -2.29. The highest BCUT2D eigenvalue weighted by Crippen LogP contribution is 2.35. The summed E-state index contributed by atoms with van der Waals surface area (Å²) < 4.78 is 5.40. The first-order chi connectivity index (χ1) is 9.08. The van der Waals surface area contributed by atoms with E-state index in [-0.39, 0.29) is 6.54 Å². The van der Waals surface area contributed by atoms with Gasteiger partial charge in [0.2, 0.25) is 6.39 Å². The fraction of sp³-hybridized carbons (Fsp3) is 0.167. The molecule has 0 radical (unpaired) electrons. The van der Waals surface area contributed by atoms with Crippen LogP contribution in [-0.2, 0) is 11.3 Å². The molecule has 1 aliphatic heterocycles. The molecule has 0 bridgehead atoms. The lowest BCUT2D eigenvalue weighted by Gasteiger charge is -2.16. The third-order valence-corrected chi connectivity index (χ3v) is 3.38. The second kappa shape index (κ2) is 4.27. The van der Waals surface area contributed by atoms with Gasteiger partial charge in [0.05, 0.1) is 17.8 Å². The van der Waals surface area contributed by atoms with Gasteiger partial charge in [0.1, 0.15) is 0 Å². The summed E-state index contributed by atoms with van der Waals surface area (Å²) in [4.78, 5) is 29.2. The molecule has 6 nitrogen and oxygen atoms in total. The number of anilines is 1. The van der Waals surface area contributed by atoms with Crippen molar-refractivity contribution in [1.29, 1.82) is 0 Å². The number of rotatable bonds is 2. The minimum atomic E-state index is -0.569. The van der Waals surface area contributed by atoms with E-state index in [1.165, 1.54) is 11.3 Å². The van der Waals surface area contributed by atoms with E-state index in [9.17, 15) is 9.59 Å². The number of hydrogen-bond acceptors (Lipinski definition) is 5. The van der Waals surface area contributed by atoms with Gasteiger partial charge in [0.15, 0.2) is 5.82 Å². The maximum atomic E-state index is 12.0. The zero-order valence-corrected chi connectivity index (χ0v) is 11.5. The molecule has 1 aromatic heterocycles. The highest BCUT2D eigenvalue weighted by atomic mass is 79.9. The van der Waals surface area contributed by atoms with Crippen LogP contribution in [0.2, 0.25) is 0 Å². The second-order valence-electron chi connectivity index (χ2n) is 4.19. The summed E-state index contributed by atoms with van der Waals surface area (Å²) in [6.07, 6.45) is 1.19. The van der Waals surface area contributed by atoms with Gasteiger partial charge in [-0.1, -0.05) is 21.1 Å². The number of hydrogen-bond donors (Lipinski definition) is 0. The molecular formula is C12H8BrN3O3. The van der Waals surface area contributed by atoms with E-state index < -0.39 is 11.7 Å². The Kier molecular flexibility index (Phi) is 2.70. The van der Waals surface area contributed by atoms with E-state index in [2.05, 4.69) is 30.6 Å². The highest BCUT2D eigenvalue weighted by molar-refractivity contribution is 9.10. The molecule has 1 aromatic carbocycles. The molecule has 19 heavy (non-hydrogen) atoms. The van der Waals surface area contributed by atoms with Crippen molar-refractivity contribution < 1.29 is 14.1 Å². The number of carbonyl (C=O) groups is 2. The fourth-order valence-electron chi connectivity index (χ4n) is 2.16. The van der Waals surface area contributed by atoms with Gasteiger partial charge in [-0.15, -0.1) is 0 Å². The lowest BCUT2D eigenvalue weighted by atomic mass is 10.1. The largest absolute Gasteiger partial charge is 0.343 e. The number of ketones is 1. The van der Waals surface area contributed by atoms with Gasteiger partial charge < -0.3 is 4.52 Å². The van der Waals surface area contributed by atoms with Crippen molar-refractivity contribution in [3.63, 3.8) is 0 Å². The van der Waals surface area contributed by atoms with Crippen molar-refractivity contribution in [3.05, 3.63) is 40.0 Å². The average Bonchev–Trinajstić information content (AvgIpc) is 2.93. The zero-order valence-electron chi connectivity index (χ0n) is 9.88. The van der Waals surface area contributed by atoms with E-state index >= 15 is 0 Å². The van der Waals surface area contributed by atoms with Gasteiger partial charge in [0.25, 0.3) is 11.7 Å². The maximum absolute atomic E-state index is 12.0. The smallest absolute Gasteiger partial charge is 0.299 e. The number of Topliss-reactive ketones (excluding diaryl/α,β-unsaturated/α-hetero) is 1. The Morgan fingerprint density at radius 3 is 2.84 bits per heavy atom. The van der Waals surface area contributed by atoms with Crippen LogP contribution in [-0.4, -0.2) is 21.8 Å². The van der Waals surface area contributed by atoms with Crippen molar-refractivity contribution >= 4 is 33.3 Å². The van der Waals surface area contributed by atoms with Gasteiger partial charge >= 0.3 is 0 Å². The molecule has 2 aromatic rings. The number of aryl methyl sites for hydroxylation is 1. The Labute approximate surface area is 116 Å². The summed E-state index contributed by atoms with van der Waals surface area (Å²) in [6.45, 7) is 1.97. The zero-order chi connectivity index (χ0) is 13.6. The number of carbonyl (C=O) groups excluding carboxylic acids is 2. The summed E-state index contributed by atoms with van der Waals surface area (Å²) in [5, 5.41) is 3.66. The summed E-state index contributed by atoms with van der Waals surface area (Å²) in [6, 6.07) is 3.51. The molecule has 0 unspecified atom stereocenters. The quantitative estimate of drug-likeness (QED) is 0.789. The Hall–Kier alpha value is -2.02. The molecule has 96 valence electrons. The number of halogens is 1. The molecule has 3 rings (SSSR count). The molecule has 2 heterocycles. The number of benzene rings is 1. The van der Waals surface area contributed by atoms with Crippen LogP contribution in [0.4, 0.5) is 5.69 Å². The summed E-state index contributed by atoms with van der Waals surface area (Å²) >= 11 is 3.32. The SMILES string of the molecule is Cc1cc(Br)cc2c1N(Cc1ncon1)C(=O)C2=O. The third kappa shape index (κ3) is 1.86. The van der Waals surface area contributed by atoms with Crippen LogP contribution in [0.25, 0.3) is 0 Å². The van der Waals surface area contributed by atoms with Gasteiger partial charge in [0, 0.05) is 4.47 Å². The first-order valence-electron chi connectivity index (χ1n) is 5.49. The molecule has 0 spiro atoms. The van der Waals surface area contributed by atoms with Crippen molar-refractivity contribution in [2.75, 3.05) is 4.90 Å². The number of aromatic nitrogens is 2. The number of nitrogens with zero attached hydrogens (tertiary/aromatic N) is 3. The minimum absolute atomic E-state index is 0.122. The van der Waals surface area contributed by atoms with E-state index in [0.717, 1.165) is 10.0 Å². The molecule has 1 aliphatic rings. The minimum Gasteiger partial charge on any atom is -0.343 e. The summed E-state index contributed by atoms with van der Waals surface area (Å²) in [7, 11) is 0. The molecular weight excluding hydrogens is 314 g/mol. The van der Waals surface area contributed by atoms with Crippen molar-refractivity contribution in [2.24, 2.45) is 0 Å². The Morgan fingerprint density at radius 1 is 1.37 bits per heavy atom. The predicted octanol–water partition coefficient (Wildman–Crippen LogP) is 1.87. The predicted molar refractivity (Wildman–Crippen MR) is 68.7 cm³/mol. The fourth-order valence-corrected chi connectivity index (χ4v) is 2.73. The van der Waals surface area contributed by atoms with Crippen LogP contribution < -0.4 is 4.90 Å². The van der Waals surface area contributed by atoms with Crippen LogP contribution >= 0.6 is 15.9 Å². The molecule has 0 saturated heterocycles. The Balaban J connectivity index is 2.09. The highest BCUT2D eigenvalue weighted by Gasteiger charge is 2.37. The van der Waals surface area contributed by atoms with Crippen molar-refractivity contribution in [3.8, 4) is 0 Å². The number of amides is 1. The average molecular weight is 322 g/mol. The van der Waals surface area contributed by atoms with Gasteiger partial charge in [-0.05, 0) is 24.6 Å².